The SMILES string of the molecule is CCSC(=N)N1CCOCC1.I. The molecule has 1 N–H and O–H groups in total. The molecular weight excluding hydrogens is 287 g/mol. The molecule has 1 rings (SSSR count). The van der Waals surface area contributed by atoms with Crippen LogP contribution in [0.3, 0.4) is 0 Å². The minimum atomic E-state index is 0. The molecule has 0 saturated carbocycles. The average Bonchev–Trinajstić information content (AvgIpc) is 2.07. The Morgan fingerprint density at radius 2 is 2.08 bits per heavy atom. The molecule has 1 heterocycles. The van der Waals surface area contributed by atoms with Gasteiger partial charge in [-0.1, -0.05) is 18.7 Å². The first-order valence-electron chi connectivity index (χ1n) is 3.88. The van der Waals surface area contributed by atoms with Gasteiger partial charge in [-0.25, -0.2) is 0 Å². The number of nitrogens with one attached hydrogen (secondary N) is 1. The van der Waals surface area contributed by atoms with Crippen molar-refractivity contribution in [3.8, 4) is 0 Å². The number of morpholine rings is 1. The van der Waals surface area contributed by atoms with Gasteiger partial charge in [0.15, 0.2) is 5.17 Å². The molecule has 0 aromatic carbocycles. The Morgan fingerprint density at radius 1 is 1.50 bits per heavy atom. The van der Waals surface area contributed by atoms with Gasteiger partial charge in [-0.2, -0.15) is 0 Å². The number of hydrogen-bond acceptors (Lipinski definition) is 3. The van der Waals surface area contributed by atoms with Crippen molar-refractivity contribution in [2.24, 2.45) is 0 Å². The van der Waals surface area contributed by atoms with Crippen molar-refractivity contribution < 1.29 is 4.74 Å². The predicted octanol–water partition coefficient (Wildman–Crippen LogP) is 1.62. The molecule has 0 bridgehead atoms. The van der Waals surface area contributed by atoms with Crippen LogP contribution in [-0.2, 0) is 4.74 Å². The summed E-state index contributed by atoms with van der Waals surface area (Å²) in [7, 11) is 0. The molecular formula is C7H15IN2OS. The smallest absolute Gasteiger partial charge is 0.156 e. The van der Waals surface area contributed by atoms with Gasteiger partial charge in [0.25, 0.3) is 0 Å². The maximum absolute atomic E-state index is 7.62. The van der Waals surface area contributed by atoms with Crippen LogP contribution in [0.2, 0.25) is 0 Å². The highest BCUT2D eigenvalue weighted by Gasteiger charge is 2.12. The molecule has 0 aromatic heterocycles. The third-order valence-corrected chi connectivity index (χ3v) is 2.40. The number of halogens is 1. The second kappa shape index (κ2) is 6.97. The van der Waals surface area contributed by atoms with Crippen LogP contribution in [0.1, 0.15) is 6.92 Å². The van der Waals surface area contributed by atoms with E-state index in [-0.39, 0.29) is 24.0 Å². The van der Waals surface area contributed by atoms with E-state index in [0.717, 1.165) is 32.1 Å². The predicted molar refractivity (Wildman–Crippen MR) is 63.7 cm³/mol. The number of hydrogen-bond donors (Lipinski definition) is 1. The third-order valence-electron chi connectivity index (χ3n) is 1.58. The summed E-state index contributed by atoms with van der Waals surface area (Å²) < 4.78 is 5.18. The molecule has 0 radical (unpaired) electrons. The van der Waals surface area contributed by atoms with Gasteiger partial charge in [-0.15, -0.1) is 24.0 Å². The Kier molecular flexibility index (Phi) is 7.26. The fraction of sp³-hybridized carbons (Fsp3) is 0.857. The van der Waals surface area contributed by atoms with Crippen molar-refractivity contribution in [3.63, 3.8) is 0 Å². The summed E-state index contributed by atoms with van der Waals surface area (Å²) in [4.78, 5) is 2.07. The Hall–Kier alpha value is 0.510. The molecule has 0 amide bonds. The summed E-state index contributed by atoms with van der Waals surface area (Å²) in [6.45, 7) is 5.37. The molecule has 0 aliphatic carbocycles. The lowest BCUT2D eigenvalue weighted by molar-refractivity contribution is 0.0691. The highest BCUT2D eigenvalue weighted by atomic mass is 127. The van der Waals surface area contributed by atoms with E-state index in [1.54, 1.807) is 11.8 Å². The second-order valence-corrected chi connectivity index (χ2v) is 3.59. The lowest BCUT2D eigenvalue weighted by atomic mass is 10.5. The number of nitrogens with zero attached hydrogens (tertiary/aromatic N) is 1. The molecule has 1 fully saturated rings. The first-order chi connectivity index (χ1) is 5.34. The first kappa shape index (κ1) is 12.5. The Morgan fingerprint density at radius 3 is 2.58 bits per heavy atom. The normalized spacial score (nSPS) is 16.9. The van der Waals surface area contributed by atoms with Gasteiger partial charge < -0.3 is 9.64 Å². The lowest BCUT2D eigenvalue weighted by Crippen LogP contribution is -2.39. The number of rotatable bonds is 1. The molecule has 1 aliphatic rings. The molecule has 12 heavy (non-hydrogen) atoms. The van der Waals surface area contributed by atoms with E-state index in [9.17, 15) is 0 Å². The summed E-state index contributed by atoms with van der Waals surface area (Å²) in [6.07, 6.45) is 0. The molecule has 5 heteroatoms. The number of thioether (sulfide) groups is 1. The lowest BCUT2D eigenvalue weighted by Gasteiger charge is -2.28. The minimum absolute atomic E-state index is 0. The topological polar surface area (TPSA) is 36.3 Å². The van der Waals surface area contributed by atoms with Crippen molar-refractivity contribution >= 4 is 40.9 Å². The van der Waals surface area contributed by atoms with Crippen LogP contribution in [-0.4, -0.2) is 42.1 Å². The summed E-state index contributed by atoms with van der Waals surface area (Å²) in [5, 5.41) is 8.31. The van der Waals surface area contributed by atoms with Gasteiger partial charge >= 0.3 is 0 Å². The Balaban J connectivity index is 0.00000121. The molecule has 72 valence electrons. The summed E-state index contributed by atoms with van der Waals surface area (Å²) in [5.41, 5.74) is 0. The van der Waals surface area contributed by atoms with Crippen molar-refractivity contribution in [3.05, 3.63) is 0 Å². The van der Waals surface area contributed by atoms with E-state index in [4.69, 9.17) is 10.1 Å². The summed E-state index contributed by atoms with van der Waals surface area (Å²) >= 11 is 1.59. The highest BCUT2D eigenvalue weighted by molar-refractivity contribution is 14.0. The van der Waals surface area contributed by atoms with Crippen LogP contribution >= 0.6 is 35.7 Å². The van der Waals surface area contributed by atoms with Crippen LogP contribution in [0.5, 0.6) is 0 Å². The average molecular weight is 302 g/mol. The van der Waals surface area contributed by atoms with Crippen LogP contribution < -0.4 is 0 Å². The van der Waals surface area contributed by atoms with Crippen LogP contribution in [0.4, 0.5) is 0 Å². The van der Waals surface area contributed by atoms with E-state index in [1.807, 2.05) is 0 Å². The summed E-state index contributed by atoms with van der Waals surface area (Å²) in [6, 6.07) is 0. The van der Waals surface area contributed by atoms with Crippen molar-refractivity contribution in [1.82, 2.24) is 4.90 Å². The van der Waals surface area contributed by atoms with Gasteiger partial charge in [0, 0.05) is 13.1 Å². The van der Waals surface area contributed by atoms with Crippen molar-refractivity contribution in [2.75, 3.05) is 32.1 Å². The third kappa shape index (κ3) is 3.95. The Labute approximate surface area is 94.7 Å². The number of amidine groups is 1. The maximum Gasteiger partial charge on any atom is 0.156 e. The van der Waals surface area contributed by atoms with E-state index in [1.165, 1.54) is 0 Å². The van der Waals surface area contributed by atoms with Crippen LogP contribution in [0, 0.1) is 5.41 Å². The van der Waals surface area contributed by atoms with Crippen LogP contribution in [0.25, 0.3) is 0 Å². The van der Waals surface area contributed by atoms with Crippen molar-refractivity contribution in [2.45, 2.75) is 6.92 Å². The fourth-order valence-corrected chi connectivity index (χ4v) is 1.63. The molecule has 0 atom stereocenters. The summed E-state index contributed by atoms with van der Waals surface area (Å²) in [5.74, 6) is 0.982. The molecule has 1 aliphatic heterocycles. The molecule has 0 aromatic rings. The number of ether oxygens (including phenoxy) is 1. The quantitative estimate of drug-likeness (QED) is 0.454. The van der Waals surface area contributed by atoms with E-state index < -0.39 is 0 Å². The largest absolute Gasteiger partial charge is 0.378 e. The van der Waals surface area contributed by atoms with Gasteiger partial charge in [-0.3, -0.25) is 5.41 Å². The monoisotopic (exact) mass is 302 g/mol. The first-order valence-corrected chi connectivity index (χ1v) is 4.87. The Bertz CT molecular complexity index is 139. The standard InChI is InChI=1S/C7H14N2OS.HI/c1-2-11-7(8)9-3-5-10-6-4-9;/h8H,2-6H2,1H3;1H. The molecule has 1 saturated heterocycles. The molecule has 0 spiro atoms. The van der Waals surface area contributed by atoms with E-state index in [0.29, 0.717) is 5.17 Å². The van der Waals surface area contributed by atoms with Crippen LogP contribution in [0.15, 0.2) is 0 Å². The minimum Gasteiger partial charge on any atom is -0.378 e. The van der Waals surface area contributed by atoms with Gasteiger partial charge in [0.1, 0.15) is 0 Å². The maximum atomic E-state index is 7.62. The molecule has 0 unspecified atom stereocenters. The zero-order valence-electron chi connectivity index (χ0n) is 7.21. The van der Waals surface area contributed by atoms with Gasteiger partial charge in [-0.05, 0) is 5.75 Å². The fourth-order valence-electron chi connectivity index (χ4n) is 0.994. The highest BCUT2D eigenvalue weighted by Crippen LogP contribution is 2.08. The second-order valence-electron chi connectivity index (χ2n) is 2.34. The van der Waals surface area contributed by atoms with Gasteiger partial charge in [0.05, 0.1) is 13.2 Å². The zero-order valence-corrected chi connectivity index (χ0v) is 10.4. The van der Waals surface area contributed by atoms with Crippen molar-refractivity contribution in [1.29, 1.82) is 5.41 Å². The molecule has 3 nitrogen and oxygen atoms in total. The van der Waals surface area contributed by atoms with E-state index >= 15 is 0 Å². The zero-order chi connectivity index (χ0) is 8.10. The van der Waals surface area contributed by atoms with E-state index in [2.05, 4.69) is 11.8 Å². The van der Waals surface area contributed by atoms with Gasteiger partial charge in [0.2, 0.25) is 0 Å².